The van der Waals surface area contributed by atoms with Crippen LogP contribution in [0.25, 0.3) is 0 Å². The first-order valence-electron chi connectivity index (χ1n) is 6.74. The number of carboxylic acids is 1. The van der Waals surface area contributed by atoms with Gasteiger partial charge in [-0.15, -0.1) is 11.8 Å². The number of ether oxygens (including phenoxy) is 1. The second kappa shape index (κ2) is 7.64. The van der Waals surface area contributed by atoms with Crippen LogP contribution in [0.2, 0.25) is 0 Å². The fourth-order valence-corrected chi connectivity index (χ4v) is 3.42. The second-order valence-corrected chi connectivity index (χ2v) is 5.89. The average molecular weight is 332 g/mol. The van der Waals surface area contributed by atoms with E-state index in [4.69, 9.17) is 4.74 Å². The van der Waals surface area contributed by atoms with E-state index in [1.807, 2.05) is 0 Å². The van der Waals surface area contributed by atoms with Gasteiger partial charge in [0.05, 0.1) is 13.1 Å². The number of benzene rings is 2. The number of methoxy groups -OCH3 is 1. The normalized spacial score (nSPS) is 11.7. The van der Waals surface area contributed by atoms with Gasteiger partial charge in [0.15, 0.2) is 0 Å². The van der Waals surface area contributed by atoms with Crippen molar-refractivity contribution in [1.29, 1.82) is 0 Å². The Labute approximate surface area is 137 Å². The number of nitro groups is 1. The number of nitrogens with zero attached hydrogens (tertiary/aromatic N) is 1. The van der Waals surface area contributed by atoms with Crippen molar-refractivity contribution in [3.8, 4) is 5.75 Å². The van der Waals surface area contributed by atoms with Gasteiger partial charge in [-0.3, -0.25) is 10.1 Å². The van der Waals surface area contributed by atoms with E-state index in [1.165, 1.54) is 13.2 Å². The highest BCUT2D eigenvalue weighted by Gasteiger charge is 2.23. The van der Waals surface area contributed by atoms with E-state index >= 15 is 0 Å². The van der Waals surface area contributed by atoms with Gasteiger partial charge in [0.25, 0.3) is 0 Å². The number of carboxylic acid groups (broad SMARTS) is 1. The second-order valence-electron chi connectivity index (χ2n) is 4.65. The van der Waals surface area contributed by atoms with Crippen molar-refractivity contribution in [2.75, 3.05) is 13.7 Å². The van der Waals surface area contributed by atoms with Gasteiger partial charge in [0.2, 0.25) is 6.54 Å². The number of hydrogen-bond acceptors (Lipinski definition) is 6. The molecule has 0 heterocycles. The molecule has 0 radical (unpaired) electrons. The average Bonchev–Trinajstić information content (AvgIpc) is 2.54. The molecule has 0 bridgehead atoms. The van der Waals surface area contributed by atoms with Crippen LogP contribution in [0.15, 0.2) is 53.4 Å². The zero-order chi connectivity index (χ0) is 16.8. The Morgan fingerprint density at radius 3 is 2.52 bits per heavy atom. The minimum absolute atomic E-state index is 0.0146. The highest BCUT2D eigenvalue weighted by molar-refractivity contribution is 7.99. The summed E-state index contributed by atoms with van der Waals surface area (Å²) in [4.78, 5) is 22.2. The Bertz CT molecular complexity index is 719. The first-order valence-corrected chi connectivity index (χ1v) is 7.62. The van der Waals surface area contributed by atoms with Crippen LogP contribution >= 0.6 is 11.8 Å². The maximum atomic E-state index is 11.2. The van der Waals surface area contributed by atoms with E-state index in [9.17, 15) is 20.0 Å². The maximum Gasteiger partial charge on any atom is 0.220 e. The third-order valence-electron chi connectivity index (χ3n) is 3.18. The fraction of sp³-hybridized carbons (Fsp3) is 0.188. The summed E-state index contributed by atoms with van der Waals surface area (Å²) in [6.45, 7) is -0.355. The van der Waals surface area contributed by atoms with Gasteiger partial charge in [-0.2, -0.15) is 0 Å². The molecular weight excluding hydrogens is 318 g/mol. The number of rotatable bonds is 7. The number of aromatic carboxylic acids is 1. The van der Waals surface area contributed by atoms with Crippen molar-refractivity contribution in [2.45, 2.75) is 10.1 Å². The quantitative estimate of drug-likeness (QED) is 0.438. The number of para-hydroxylation sites is 1. The molecule has 1 unspecified atom stereocenters. The molecule has 7 heteroatoms. The van der Waals surface area contributed by atoms with Crippen LogP contribution in [0.1, 0.15) is 21.2 Å². The molecule has 0 N–H and O–H groups in total. The van der Waals surface area contributed by atoms with Crippen molar-refractivity contribution in [3.63, 3.8) is 0 Å². The predicted octanol–water partition coefficient (Wildman–Crippen LogP) is 2.17. The lowest BCUT2D eigenvalue weighted by Crippen LogP contribution is -2.23. The molecule has 0 aliphatic carbocycles. The van der Waals surface area contributed by atoms with Crippen LogP contribution in [0, 0.1) is 10.1 Å². The lowest BCUT2D eigenvalue weighted by atomic mass is 10.1. The third kappa shape index (κ3) is 4.23. The summed E-state index contributed by atoms with van der Waals surface area (Å²) in [6, 6.07) is 13.3. The van der Waals surface area contributed by atoms with E-state index in [-0.39, 0.29) is 12.1 Å². The van der Waals surface area contributed by atoms with Crippen molar-refractivity contribution < 1.29 is 19.6 Å². The molecule has 6 nitrogen and oxygen atoms in total. The number of thioether (sulfide) groups is 1. The molecule has 23 heavy (non-hydrogen) atoms. The SMILES string of the molecule is COc1ccccc1C(C[N+](=O)[O-])Sc1ccccc1C(=O)[O-]. The van der Waals surface area contributed by atoms with E-state index in [1.54, 1.807) is 42.5 Å². The standard InChI is InChI=1S/C16H15NO5S/c1-22-13-8-4-2-6-11(13)15(10-17(20)21)23-14-9-5-3-7-12(14)16(18)19/h2-9,15H,10H2,1H3,(H,18,19)/p-1. The smallest absolute Gasteiger partial charge is 0.220 e. The molecule has 2 aromatic rings. The van der Waals surface area contributed by atoms with E-state index in [2.05, 4.69) is 0 Å². The molecule has 0 saturated heterocycles. The molecule has 0 spiro atoms. The van der Waals surface area contributed by atoms with Crippen molar-refractivity contribution >= 4 is 17.7 Å². The molecule has 2 rings (SSSR count). The van der Waals surface area contributed by atoms with Crippen molar-refractivity contribution in [2.24, 2.45) is 0 Å². The van der Waals surface area contributed by atoms with Crippen LogP contribution in [0.5, 0.6) is 5.75 Å². The lowest BCUT2D eigenvalue weighted by molar-refractivity contribution is -0.479. The predicted molar refractivity (Wildman–Crippen MR) is 84.2 cm³/mol. The van der Waals surface area contributed by atoms with Crippen LogP contribution in [0.3, 0.4) is 0 Å². The van der Waals surface area contributed by atoms with Gasteiger partial charge in [-0.05, 0) is 12.1 Å². The molecule has 120 valence electrons. The molecule has 2 aromatic carbocycles. The molecule has 0 aromatic heterocycles. The Balaban J connectivity index is 2.41. The van der Waals surface area contributed by atoms with Gasteiger partial charge >= 0.3 is 0 Å². The molecule has 0 amide bonds. The van der Waals surface area contributed by atoms with Crippen LogP contribution in [-0.2, 0) is 0 Å². The lowest BCUT2D eigenvalue weighted by Gasteiger charge is -2.18. The van der Waals surface area contributed by atoms with Gasteiger partial charge in [-0.25, -0.2) is 0 Å². The zero-order valence-electron chi connectivity index (χ0n) is 12.3. The van der Waals surface area contributed by atoms with Gasteiger partial charge in [0.1, 0.15) is 11.0 Å². The zero-order valence-corrected chi connectivity index (χ0v) is 13.1. The monoisotopic (exact) mass is 332 g/mol. The first-order chi connectivity index (χ1) is 11.0. The van der Waals surface area contributed by atoms with E-state index in [0.717, 1.165) is 11.8 Å². The van der Waals surface area contributed by atoms with Crippen molar-refractivity contribution in [3.05, 3.63) is 69.8 Å². The topological polar surface area (TPSA) is 92.5 Å². The molecule has 0 aliphatic heterocycles. The summed E-state index contributed by atoms with van der Waals surface area (Å²) in [5.74, 6) is -0.786. The first kappa shape index (κ1) is 16.8. The number of hydrogen-bond donors (Lipinski definition) is 0. The molecule has 0 aliphatic rings. The summed E-state index contributed by atoms with van der Waals surface area (Å²) in [5, 5.41) is 21.6. The highest BCUT2D eigenvalue weighted by atomic mass is 32.2. The van der Waals surface area contributed by atoms with Gasteiger partial charge < -0.3 is 14.6 Å². The summed E-state index contributed by atoms with van der Waals surface area (Å²) < 4.78 is 5.26. The third-order valence-corrected chi connectivity index (χ3v) is 4.47. The number of carbonyl (C=O) groups excluding carboxylic acids is 1. The minimum atomic E-state index is -1.31. The van der Waals surface area contributed by atoms with Crippen LogP contribution in [-0.4, -0.2) is 24.5 Å². The van der Waals surface area contributed by atoms with E-state index < -0.39 is 16.1 Å². The van der Waals surface area contributed by atoms with Gasteiger partial charge in [-0.1, -0.05) is 36.4 Å². The maximum absolute atomic E-state index is 11.2. The molecule has 0 fully saturated rings. The Morgan fingerprint density at radius 2 is 1.87 bits per heavy atom. The highest BCUT2D eigenvalue weighted by Crippen LogP contribution is 2.40. The van der Waals surface area contributed by atoms with Crippen molar-refractivity contribution in [1.82, 2.24) is 0 Å². The largest absolute Gasteiger partial charge is 0.545 e. The fourth-order valence-electron chi connectivity index (χ4n) is 2.16. The van der Waals surface area contributed by atoms with E-state index in [0.29, 0.717) is 16.2 Å². The van der Waals surface area contributed by atoms with Crippen LogP contribution < -0.4 is 9.84 Å². The Morgan fingerprint density at radius 1 is 1.22 bits per heavy atom. The van der Waals surface area contributed by atoms with Gasteiger partial charge in [0, 0.05) is 20.9 Å². The summed E-state index contributed by atoms with van der Waals surface area (Å²) in [7, 11) is 1.49. The Kier molecular flexibility index (Phi) is 5.59. The molecule has 1 atom stereocenters. The minimum Gasteiger partial charge on any atom is -0.545 e. The summed E-state index contributed by atoms with van der Waals surface area (Å²) in [6.07, 6.45) is 0. The van der Waals surface area contributed by atoms with Crippen LogP contribution in [0.4, 0.5) is 0 Å². The number of carbonyl (C=O) groups is 1. The molecular formula is C16H14NO5S-. The summed E-state index contributed by atoms with van der Waals surface area (Å²) in [5.41, 5.74) is 0.658. The Hall–Kier alpha value is -2.54. The summed E-state index contributed by atoms with van der Waals surface area (Å²) >= 11 is 1.11. The molecule has 0 saturated carbocycles.